The van der Waals surface area contributed by atoms with E-state index in [1.54, 1.807) is 15.7 Å². The molecule has 94 valence electrons. The van der Waals surface area contributed by atoms with Gasteiger partial charge in [-0.2, -0.15) is 0 Å². The second kappa shape index (κ2) is 4.31. The highest BCUT2D eigenvalue weighted by Crippen LogP contribution is 2.33. The molecule has 17 heavy (non-hydrogen) atoms. The number of hydrogen-bond acceptors (Lipinski definition) is 3. The summed E-state index contributed by atoms with van der Waals surface area (Å²) in [6, 6.07) is -0.293. The zero-order valence-corrected chi connectivity index (χ0v) is 11.0. The molecule has 5 nitrogen and oxygen atoms in total. The molecular formula is C11H17ClN4O. The summed E-state index contributed by atoms with van der Waals surface area (Å²) in [5.41, 5.74) is 6.05. The maximum Gasteiger partial charge on any atom is 0.225 e. The summed E-state index contributed by atoms with van der Waals surface area (Å²) in [6.07, 6.45) is 1.96. The highest BCUT2D eigenvalue weighted by atomic mass is 35.5. The van der Waals surface area contributed by atoms with Crippen LogP contribution < -0.4 is 5.73 Å². The van der Waals surface area contributed by atoms with Gasteiger partial charge in [-0.25, -0.2) is 4.98 Å². The zero-order valence-electron chi connectivity index (χ0n) is 10.2. The molecule has 1 aromatic heterocycles. The van der Waals surface area contributed by atoms with Gasteiger partial charge < -0.3 is 15.2 Å². The van der Waals surface area contributed by atoms with Gasteiger partial charge in [-0.15, -0.1) is 0 Å². The average molecular weight is 257 g/mol. The zero-order chi connectivity index (χ0) is 12.7. The highest BCUT2D eigenvalue weighted by molar-refractivity contribution is 6.29. The van der Waals surface area contributed by atoms with Crippen LogP contribution in [-0.4, -0.2) is 32.4 Å². The van der Waals surface area contributed by atoms with E-state index in [0.717, 1.165) is 5.82 Å². The first-order valence-corrected chi connectivity index (χ1v) is 6.05. The third-order valence-electron chi connectivity index (χ3n) is 3.19. The molecule has 1 saturated heterocycles. The lowest BCUT2D eigenvalue weighted by atomic mass is 10.1. The van der Waals surface area contributed by atoms with Crippen molar-refractivity contribution < 1.29 is 4.79 Å². The molecule has 0 aromatic carbocycles. The minimum atomic E-state index is -0.220. The van der Waals surface area contributed by atoms with Crippen LogP contribution in [0.1, 0.15) is 32.1 Å². The molecule has 1 fully saturated rings. The molecule has 2 N–H and O–H groups in total. The van der Waals surface area contributed by atoms with E-state index in [-0.39, 0.29) is 24.0 Å². The molecule has 0 saturated carbocycles. The molecule has 0 radical (unpaired) electrons. The number of halogens is 1. The normalized spacial score (nSPS) is 25.1. The second-order valence-electron chi connectivity index (χ2n) is 4.71. The number of nitrogens with zero attached hydrogens (tertiary/aromatic N) is 3. The first kappa shape index (κ1) is 12.4. The molecule has 2 unspecified atom stereocenters. The first-order valence-electron chi connectivity index (χ1n) is 5.67. The maximum atomic E-state index is 11.9. The van der Waals surface area contributed by atoms with E-state index >= 15 is 0 Å². The lowest BCUT2D eigenvalue weighted by Gasteiger charge is -2.29. The Bertz CT molecular complexity index is 443. The van der Waals surface area contributed by atoms with Crippen molar-refractivity contribution in [3.63, 3.8) is 0 Å². The molecule has 6 heteroatoms. The van der Waals surface area contributed by atoms with E-state index in [0.29, 0.717) is 11.6 Å². The number of imidazole rings is 1. The van der Waals surface area contributed by atoms with E-state index < -0.39 is 0 Å². The summed E-state index contributed by atoms with van der Waals surface area (Å²) in [6.45, 7) is 3.96. The van der Waals surface area contributed by atoms with Crippen LogP contribution in [0.2, 0.25) is 5.15 Å². The number of carbonyl (C=O) groups is 1. The number of amides is 1. The van der Waals surface area contributed by atoms with E-state index in [4.69, 9.17) is 17.3 Å². The number of rotatable bonds is 2. The van der Waals surface area contributed by atoms with Crippen LogP contribution in [0.25, 0.3) is 0 Å². The molecule has 0 bridgehead atoms. The average Bonchev–Trinajstić information content (AvgIpc) is 2.69. The second-order valence-corrected chi connectivity index (χ2v) is 5.09. The van der Waals surface area contributed by atoms with Crippen LogP contribution in [0.15, 0.2) is 6.20 Å². The molecule has 1 aliphatic heterocycles. The lowest BCUT2D eigenvalue weighted by Crippen LogP contribution is -2.39. The minimum absolute atomic E-state index is 0.0802. The smallest absolute Gasteiger partial charge is 0.225 e. The molecule has 0 aliphatic carbocycles. The predicted octanol–water partition coefficient (Wildman–Crippen LogP) is 1.08. The Morgan fingerprint density at radius 1 is 1.59 bits per heavy atom. The van der Waals surface area contributed by atoms with Gasteiger partial charge in [0.1, 0.15) is 17.0 Å². The molecule has 2 atom stereocenters. The van der Waals surface area contributed by atoms with Crippen molar-refractivity contribution in [2.75, 3.05) is 0 Å². The topological polar surface area (TPSA) is 64.2 Å². The van der Waals surface area contributed by atoms with Crippen molar-refractivity contribution in [1.29, 1.82) is 0 Å². The molecular weight excluding hydrogens is 240 g/mol. The van der Waals surface area contributed by atoms with Crippen LogP contribution in [0.3, 0.4) is 0 Å². The predicted molar refractivity (Wildman–Crippen MR) is 65.5 cm³/mol. The van der Waals surface area contributed by atoms with Crippen LogP contribution >= 0.6 is 11.6 Å². The third-order valence-corrected chi connectivity index (χ3v) is 3.54. The molecule has 2 heterocycles. The fraction of sp³-hybridized carbons (Fsp3) is 0.636. The van der Waals surface area contributed by atoms with Crippen molar-refractivity contribution in [1.82, 2.24) is 14.5 Å². The van der Waals surface area contributed by atoms with Gasteiger partial charge in [0, 0.05) is 25.6 Å². The SMILES string of the molecule is CC(C)N1C(=O)CC(N)C1c1ncc(Cl)n1C. The quantitative estimate of drug-likeness (QED) is 0.861. The Morgan fingerprint density at radius 2 is 2.24 bits per heavy atom. The summed E-state index contributed by atoms with van der Waals surface area (Å²) < 4.78 is 1.78. The number of hydrogen-bond donors (Lipinski definition) is 1. The Kier molecular flexibility index (Phi) is 3.14. The van der Waals surface area contributed by atoms with E-state index in [1.807, 2.05) is 20.9 Å². The fourth-order valence-corrected chi connectivity index (χ4v) is 2.52. The Hall–Kier alpha value is -1.07. The van der Waals surface area contributed by atoms with Crippen molar-refractivity contribution in [2.24, 2.45) is 12.8 Å². The van der Waals surface area contributed by atoms with Gasteiger partial charge in [0.15, 0.2) is 0 Å². The summed E-state index contributed by atoms with van der Waals surface area (Å²) in [4.78, 5) is 18.0. The standard InChI is InChI=1S/C11H17ClN4O/c1-6(2)16-9(17)4-7(13)10(16)11-14-5-8(12)15(11)3/h5-7,10H,4,13H2,1-3H3. The van der Waals surface area contributed by atoms with Crippen LogP contribution in [0.4, 0.5) is 0 Å². The number of likely N-dealkylation sites (tertiary alicyclic amines) is 1. The van der Waals surface area contributed by atoms with Gasteiger partial charge in [0.05, 0.1) is 6.20 Å². The Labute approximate surface area is 106 Å². The molecule has 0 spiro atoms. The Morgan fingerprint density at radius 3 is 2.71 bits per heavy atom. The monoisotopic (exact) mass is 256 g/mol. The van der Waals surface area contributed by atoms with Gasteiger partial charge in [-0.05, 0) is 13.8 Å². The van der Waals surface area contributed by atoms with Gasteiger partial charge >= 0.3 is 0 Å². The minimum Gasteiger partial charge on any atom is -0.328 e. The van der Waals surface area contributed by atoms with Crippen molar-refractivity contribution in [3.8, 4) is 0 Å². The van der Waals surface area contributed by atoms with Gasteiger partial charge in [-0.1, -0.05) is 11.6 Å². The summed E-state index contributed by atoms with van der Waals surface area (Å²) in [7, 11) is 1.83. The van der Waals surface area contributed by atoms with E-state index in [1.165, 1.54) is 0 Å². The largest absolute Gasteiger partial charge is 0.328 e. The van der Waals surface area contributed by atoms with Crippen molar-refractivity contribution >= 4 is 17.5 Å². The number of nitrogens with two attached hydrogens (primary N) is 1. The molecule has 1 aromatic rings. The van der Waals surface area contributed by atoms with Gasteiger partial charge in [0.25, 0.3) is 0 Å². The molecule has 1 amide bonds. The number of carbonyl (C=O) groups excluding carboxylic acids is 1. The van der Waals surface area contributed by atoms with Crippen molar-refractivity contribution in [2.45, 2.75) is 38.4 Å². The van der Waals surface area contributed by atoms with Crippen LogP contribution in [-0.2, 0) is 11.8 Å². The maximum absolute atomic E-state index is 11.9. The van der Waals surface area contributed by atoms with Gasteiger partial charge in [0.2, 0.25) is 5.91 Å². The first-order chi connectivity index (χ1) is 7.93. The lowest BCUT2D eigenvalue weighted by molar-refractivity contribution is -0.130. The van der Waals surface area contributed by atoms with E-state index in [2.05, 4.69) is 4.98 Å². The van der Waals surface area contributed by atoms with Crippen LogP contribution in [0.5, 0.6) is 0 Å². The number of aromatic nitrogens is 2. The van der Waals surface area contributed by atoms with Crippen molar-refractivity contribution in [3.05, 3.63) is 17.2 Å². The molecule has 2 rings (SSSR count). The molecule has 1 aliphatic rings. The Balaban J connectivity index is 2.42. The third kappa shape index (κ3) is 1.93. The van der Waals surface area contributed by atoms with Gasteiger partial charge in [-0.3, -0.25) is 4.79 Å². The van der Waals surface area contributed by atoms with Crippen LogP contribution in [0, 0.1) is 0 Å². The summed E-state index contributed by atoms with van der Waals surface area (Å²) in [5, 5.41) is 0.551. The van der Waals surface area contributed by atoms with E-state index in [9.17, 15) is 4.79 Å². The fourth-order valence-electron chi connectivity index (χ4n) is 2.38. The summed E-state index contributed by atoms with van der Waals surface area (Å²) >= 11 is 5.98. The highest BCUT2D eigenvalue weighted by Gasteiger charge is 2.42. The summed E-state index contributed by atoms with van der Waals surface area (Å²) in [5.74, 6) is 0.832.